The maximum atomic E-state index is 5.75. The minimum atomic E-state index is -0.287. The molecule has 0 bridgehead atoms. The van der Waals surface area contributed by atoms with E-state index in [1.54, 1.807) is 11.3 Å². The second-order valence-electron chi connectivity index (χ2n) is 5.79. The van der Waals surface area contributed by atoms with E-state index in [4.69, 9.17) is 14.0 Å². The van der Waals surface area contributed by atoms with Crippen LogP contribution in [0.3, 0.4) is 0 Å². The van der Waals surface area contributed by atoms with E-state index in [1.807, 2.05) is 0 Å². The summed E-state index contributed by atoms with van der Waals surface area (Å²) in [5.41, 5.74) is 1.02. The number of hydrogen-bond acceptors (Lipinski definition) is 5. The Morgan fingerprint density at radius 3 is 2.83 bits per heavy atom. The first-order chi connectivity index (χ1) is 8.64. The molecule has 0 radical (unpaired) electrons. The minimum Gasteiger partial charge on any atom is -0.406 e. The molecule has 3 rings (SSSR count). The molecular formula is C12H18BNO3S. The lowest BCUT2D eigenvalue weighted by atomic mass is 9.81. The first-order valence-electron chi connectivity index (χ1n) is 6.40. The van der Waals surface area contributed by atoms with Gasteiger partial charge in [0.1, 0.15) is 0 Å². The van der Waals surface area contributed by atoms with Crippen molar-refractivity contribution in [1.82, 2.24) is 4.98 Å². The van der Waals surface area contributed by atoms with Gasteiger partial charge in [-0.1, -0.05) is 13.8 Å². The summed E-state index contributed by atoms with van der Waals surface area (Å²) in [6, 6.07) is 0. The average molecular weight is 267 g/mol. The van der Waals surface area contributed by atoms with Crippen molar-refractivity contribution >= 4 is 24.0 Å². The Bertz CT molecular complexity index is 407. The van der Waals surface area contributed by atoms with E-state index in [-0.39, 0.29) is 12.5 Å². The number of ether oxygens (including phenoxy) is 1. The van der Waals surface area contributed by atoms with Gasteiger partial charge >= 0.3 is 7.12 Å². The molecule has 0 spiro atoms. The van der Waals surface area contributed by atoms with Crippen LogP contribution in [0.25, 0.3) is 0 Å². The molecule has 4 nitrogen and oxygen atoms in total. The summed E-state index contributed by atoms with van der Waals surface area (Å²) in [5.74, 6) is 0.462. The summed E-state index contributed by atoms with van der Waals surface area (Å²) in [6.45, 7) is 7.38. The van der Waals surface area contributed by atoms with Crippen molar-refractivity contribution in [3.63, 3.8) is 0 Å². The molecule has 0 saturated carbocycles. The van der Waals surface area contributed by atoms with Crippen LogP contribution in [0.4, 0.5) is 0 Å². The van der Waals surface area contributed by atoms with Crippen LogP contribution in [0.1, 0.15) is 31.2 Å². The van der Waals surface area contributed by atoms with E-state index in [0.29, 0.717) is 5.92 Å². The van der Waals surface area contributed by atoms with Gasteiger partial charge in [-0.25, -0.2) is 4.98 Å². The number of rotatable bonds is 2. The second kappa shape index (κ2) is 4.92. The monoisotopic (exact) mass is 267 g/mol. The summed E-state index contributed by atoms with van der Waals surface area (Å²) < 4.78 is 16.9. The quantitative estimate of drug-likeness (QED) is 0.760. The van der Waals surface area contributed by atoms with Crippen molar-refractivity contribution < 1.29 is 14.0 Å². The van der Waals surface area contributed by atoms with E-state index in [2.05, 4.69) is 24.2 Å². The van der Waals surface area contributed by atoms with Gasteiger partial charge in [-0.2, -0.15) is 0 Å². The Morgan fingerprint density at radius 1 is 1.39 bits per heavy atom. The summed E-state index contributed by atoms with van der Waals surface area (Å²) in [7, 11) is -0.287. The van der Waals surface area contributed by atoms with E-state index in [0.717, 1.165) is 43.4 Å². The fourth-order valence-corrected chi connectivity index (χ4v) is 3.13. The van der Waals surface area contributed by atoms with Crippen molar-refractivity contribution in [2.45, 2.75) is 26.2 Å². The third-order valence-electron chi connectivity index (χ3n) is 3.31. The first-order valence-corrected chi connectivity index (χ1v) is 7.28. The maximum absolute atomic E-state index is 5.75. The number of nitrogens with zero attached hydrogens (tertiary/aromatic N) is 1. The van der Waals surface area contributed by atoms with Crippen LogP contribution in [0.2, 0.25) is 0 Å². The van der Waals surface area contributed by atoms with Crippen molar-refractivity contribution in [3.05, 3.63) is 10.4 Å². The largest absolute Gasteiger partial charge is 0.514 e. The summed E-state index contributed by atoms with van der Waals surface area (Å²) >= 11 is 1.69. The fraction of sp³-hybridized carbons (Fsp3) is 0.750. The highest BCUT2D eigenvalue weighted by Gasteiger charge is 2.35. The van der Waals surface area contributed by atoms with Crippen LogP contribution in [0, 0.1) is 5.41 Å². The standard InChI is InChI=1S/C12H18BNO3S/c1-12(2)7-16-13(17-8-12)10-6-18-11(14-10)9-3-4-15-5-9/h6,9H,3-5,7-8H2,1-2H3. The fourth-order valence-electron chi connectivity index (χ4n) is 2.19. The molecule has 1 unspecified atom stereocenters. The second-order valence-corrected chi connectivity index (χ2v) is 6.68. The third kappa shape index (κ3) is 2.61. The van der Waals surface area contributed by atoms with E-state index >= 15 is 0 Å². The van der Waals surface area contributed by atoms with Gasteiger partial charge in [0, 0.05) is 36.5 Å². The smallest absolute Gasteiger partial charge is 0.406 e. The summed E-state index contributed by atoms with van der Waals surface area (Å²) in [4.78, 5) is 4.65. The highest BCUT2D eigenvalue weighted by atomic mass is 32.1. The zero-order chi connectivity index (χ0) is 12.6. The Morgan fingerprint density at radius 2 is 2.17 bits per heavy atom. The van der Waals surface area contributed by atoms with Crippen LogP contribution in [0.15, 0.2) is 5.38 Å². The van der Waals surface area contributed by atoms with Gasteiger partial charge < -0.3 is 14.0 Å². The summed E-state index contributed by atoms with van der Waals surface area (Å²) in [5, 5.41) is 3.20. The number of thiazole rings is 1. The number of aromatic nitrogens is 1. The maximum Gasteiger partial charge on any atom is 0.514 e. The normalized spacial score (nSPS) is 27.7. The molecule has 0 aromatic carbocycles. The lowest BCUT2D eigenvalue weighted by Gasteiger charge is -2.32. The van der Waals surface area contributed by atoms with Crippen LogP contribution in [0.5, 0.6) is 0 Å². The highest BCUT2D eigenvalue weighted by molar-refractivity contribution is 7.10. The van der Waals surface area contributed by atoms with Crippen molar-refractivity contribution in [2.24, 2.45) is 5.41 Å². The molecule has 3 heterocycles. The predicted octanol–water partition coefficient (Wildman–Crippen LogP) is 1.42. The van der Waals surface area contributed by atoms with E-state index in [9.17, 15) is 0 Å². The topological polar surface area (TPSA) is 40.6 Å². The zero-order valence-corrected chi connectivity index (χ0v) is 11.7. The van der Waals surface area contributed by atoms with Gasteiger partial charge in [0.05, 0.1) is 17.2 Å². The molecule has 6 heteroatoms. The first kappa shape index (κ1) is 12.6. The van der Waals surface area contributed by atoms with Gasteiger partial charge in [0.25, 0.3) is 0 Å². The Balaban J connectivity index is 1.66. The highest BCUT2D eigenvalue weighted by Crippen LogP contribution is 2.27. The van der Waals surface area contributed by atoms with Crippen LogP contribution >= 0.6 is 11.3 Å². The van der Waals surface area contributed by atoms with Gasteiger partial charge in [-0.05, 0) is 6.42 Å². The molecular weight excluding hydrogens is 249 g/mol. The van der Waals surface area contributed by atoms with Crippen LogP contribution < -0.4 is 5.59 Å². The Labute approximate surface area is 112 Å². The molecule has 2 aliphatic rings. The van der Waals surface area contributed by atoms with Crippen LogP contribution in [-0.2, 0) is 14.0 Å². The molecule has 2 saturated heterocycles. The molecule has 0 aliphatic carbocycles. The number of hydrogen-bond donors (Lipinski definition) is 0. The molecule has 2 fully saturated rings. The molecule has 1 aromatic heterocycles. The van der Waals surface area contributed by atoms with Gasteiger partial charge in [-0.15, -0.1) is 11.3 Å². The lowest BCUT2D eigenvalue weighted by molar-refractivity contribution is 0.0340. The molecule has 2 aliphatic heterocycles. The van der Waals surface area contributed by atoms with Crippen LogP contribution in [-0.4, -0.2) is 38.5 Å². The lowest BCUT2D eigenvalue weighted by Crippen LogP contribution is -2.47. The van der Waals surface area contributed by atoms with Gasteiger partial charge in [0.2, 0.25) is 0 Å². The molecule has 98 valence electrons. The van der Waals surface area contributed by atoms with E-state index in [1.165, 1.54) is 0 Å². The van der Waals surface area contributed by atoms with Crippen molar-refractivity contribution in [3.8, 4) is 0 Å². The SMILES string of the molecule is CC1(C)COB(c2csc(C3CCOC3)n2)OC1. The average Bonchev–Trinajstić information content (AvgIpc) is 2.99. The van der Waals surface area contributed by atoms with Crippen molar-refractivity contribution in [2.75, 3.05) is 26.4 Å². The molecule has 18 heavy (non-hydrogen) atoms. The predicted molar refractivity (Wildman–Crippen MR) is 71.4 cm³/mol. The molecule has 1 atom stereocenters. The Kier molecular flexibility index (Phi) is 3.45. The van der Waals surface area contributed by atoms with E-state index < -0.39 is 0 Å². The Hall–Kier alpha value is -0.425. The van der Waals surface area contributed by atoms with Gasteiger partial charge in [-0.3, -0.25) is 0 Å². The minimum absolute atomic E-state index is 0.106. The molecule has 1 aromatic rings. The molecule has 0 amide bonds. The van der Waals surface area contributed by atoms with Gasteiger partial charge in [0.15, 0.2) is 0 Å². The summed E-state index contributed by atoms with van der Waals surface area (Å²) in [6.07, 6.45) is 1.08. The molecule has 0 N–H and O–H groups in total. The third-order valence-corrected chi connectivity index (χ3v) is 4.34. The van der Waals surface area contributed by atoms with Crippen molar-refractivity contribution in [1.29, 1.82) is 0 Å². The zero-order valence-electron chi connectivity index (χ0n) is 10.8.